The SMILES string of the molecule is CCCC[Si](CCCOC(=O)/C=C/c1ccccc1)(OC)OC. The molecule has 1 aromatic carbocycles. The summed E-state index contributed by atoms with van der Waals surface area (Å²) in [5.41, 5.74) is 0.981. The van der Waals surface area contributed by atoms with Crippen LogP contribution in [0, 0.1) is 0 Å². The molecule has 4 nitrogen and oxygen atoms in total. The van der Waals surface area contributed by atoms with Crippen molar-refractivity contribution in [1.29, 1.82) is 0 Å². The summed E-state index contributed by atoms with van der Waals surface area (Å²) in [6.07, 6.45) is 6.22. The summed E-state index contributed by atoms with van der Waals surface area (Å²) < 4.78 is 16.6. The fraction of sp³-hybridized carbons (Fsp3) is 0.500. The molecule has 23 heavy (non-hydrogen) atoms. The number of hydrogen-bond acceptors (Lipinski definition) is 4. The third kappa shape index (κ3) is 7.59. The van der Waals surface area contributed by atoms with Crippen molar-refractivity contribution < 1.29 is 18.4 Å². The van der Waals surface area contributed by atoms with Crippen molar-refractivity contribution in [2.45, 2.75) is 38.3 Å². The zero-order valence-corrected chi connectivity index (χ0v) is 15.4. The summed E-state index contributed by atoms with van der Waals surface area (Å²) in [6, 6.07) is 11.5. The normalized spacial score (nSPS) is 11.8. The van der Waals surface area contributed by atoms with Crippen LogP contribution in [0.2, 0.25) is 12.1 Å². The third-order valence-electron chi connectivity index (χ3n) is 3.81. The molecule has 0 fully saturated rings. The van der Waals surface area contributed by atoms with Crippen LogP contribution in [-0.2, 0) is 18.4 Å². The minimum atomic E-state index is -2.12. The zero-order chi connectivity index (χ0) is 17.0. The van der Waals surface area contributed by atoms with Crippen molar-refractivity contribution in [3.05, 3.63) is 42.0 Å². The smallest absolute Gasteiger partial charge is 0.337 e. The largest absolute Gasteiger partial charge is 0.463 e. The highest BCUT2D eigenvalue weighted by atomic mass is 28.4. The number of unbranched alkanes of at least 4 members (excludes halogenated alkanes) is 1. The lowest BCUT2D eigenvalue weighted by molar-refractivity contribution is -0.137. The molecule has 0 aliphatic carbocycles. The van der Waals surface area contributed by atoms with Crippen molar-refractivity contribution in [2.75, 3.05) is 20.8 Å². The molecule has 0 atom stereocenters. The summed E-state index contributed by atoms with van der Waals surface area (Å²) in [5.74, 6) is -0.315. The molecular weight excluding hydrogens is 308 g/mol. The van der Waals surface area contributed by atoms with Crippen molar-refractivity contribution in [2.24, 2.45) is 0 Å². The molecule has 0 aliphatic heterocycles. The first-order valence-electron chi connectivity index (χ1n) is 8.16. The van der Waals surface area contributed by atoms with E-state index in [4.69, 9.17) is 13.6 Å². The van der Waals surface area contributed by atoms with E-state index in [0.29, 0.717) is 6.61 Å². The second kappa shape index (κ2) is 11.2. The van der Waals surface area contributed by atoms with Crippen LogP contribution in [-0.4, -0.2) is 35.4 Å². The maximum Gasteiger partial charge on any atom is 0.337 e. The lowest BCUT2D eigenvalue weighted by Gasteiger charge is -2.27. The van der Waals surface area contributed by atoms with Crippen LogP contribution in [0.3, 0.4) is 0 Å². The molecule has 0 heterocycles. The van der Waals surface area contributed by atoms with Crippen molar-refractivity contribution in [1.82, 2.24) is 0 Å². The highest BCUT2D eigenvalue weighted by Gasteiger charge is 2.34. The van der Waals surface area contributed by atoms with E-state index < -0.39 is 8.56 Å². The number of ether oxygens (including phenoxy) is 1. The monoisotopic (exact) mass is 336 g/mol. The van der Waals surface area contributed by atoms with Crippen LogP contribution in [0.1, 0.15) is 31.7 Å². The van der Waals surface area contributed by atoms with E-state index >= 15 is 0 Å². The van der Waals surface area contributed by atoms with Gasteiger partial charge in [-0.05, 0) is 30.1 Å². The first-order chi connectivity index (χ1) is 11.2. The van der Waals surface area contributed by atoms with Gasteiger partial charge in [-0.15, -0.1) is 0 Å². The van der Waals surface area contributed by atoms with Gasteiger partial charge >= 0.3 is 14.5 Å². The Kier molecular flexibility index (Phi) is 9.51. The van der Waals surface area contributed by atoms with Crippen molar-refractivity contribution in [3.8, 4) is 0 Å². The molecule has 5 heteroatoms. The second-order valence-corrected chi connectivity index (χ2v) is 9.08. The molecule has 0 radical (unpaired) electrons. The Morgan fingerprint density at radius 3 is 2.35 bits per heavy atom. The number of carbonyl (C=O) groups is 1. The van der Waals surface area contributed by atoms with Crippen LogP contribution in [0.4, 0.5) is 0 Å². The fourth-order valence-corrected chi connectivity index (χ4v) is 5.16. The summed E-state index contributed by atoms with van der Waals surface area (Å²) in [7, 11) is 1.33. The highest BCUT2D eigenvalue weighted by Crippen LogP contribution is 2.22. The maximum absolute atomic E-state index is 11.7. The highest BCUT2D eigenvalue weighted by molar-refractivity contribution is 6.67. The summed E-state index contributed by atoms with van der Waals surface area (Å²) in [4.78, 5) is 11.7. The number of rotatable bonds is 11. The zero-order valence-electron chi connectivity index (χ0n) is 14.4. The van der Waals surface area contributed by atoms with Crippen molar-refractivity contribution in [3.63, 3.8) is 0 Å². The molecule has 0 spiro atoms. The molecule has 0 aromatic heterocycles. The molecule has 0 aliphatic rings. The predicted molar refractivity (Wildman–Crippen MR) is 95.3 cm³/mol. The Morgan fingerprint density at radius 1 is 1.09 bits per heavy atom. The van der Waals surface area contributed by atoms with Gasteiger partial charge in [-0.1, -0.05) is 50.1 Å². The van der Waals surface area contributed by atoms with Gasteiger partial charge in [-0.3, -0.25) is 0 Å². The van der Waals surface area contributed by atoms with Gasteiger partial charge in [0.2, 0.25) is 0 Å². The third-order valence-corrected chi connectivity index (χ3v) is 7.53. The summed E-state index contributed by atoms with van der Waals surface area (Å²) in [6.45, 7) is 2.55. The van der Waals surface area contributed by atoms with Crippen LogP contribution in [0.5, 0.6) is 0 Å². The van der Waals surface area contributed by atoms with Gasteiger partial charge in [0.1, 0.15) is 0 Å². The minimum Gasteiger partial charge on any atom is -0.463 e. The number of carbonyl (C=O) groups excluding carboxylic acids is 1. The Hall–Kier alpha value is -1.43. The average molecular weight is 337 g/mol. The van der Waals surface area contributed by atoms with E-state index in [1.807, 2.05) is 30.3 Å². The predicted octanol–water partition coefficient (Wildman–Crippen LogP) is 4.17. The van der Waals surface area contributed by atoms with Gasteiger partial charge in [0.15, 0.2) is 0 Å². The Labute approximate surface area is 140 Å². The van der Waals surface area contributed by atoms with E-state index in [1.165, 1.54) is 6.08 Å². The molecule has 0 bridgehead atoms. The van der Waals surface area contributed by atoms with Gasteiger partial charge in [0.05, 0.1) is 6.61 Å². The van der Waals surface area contributed by atoms with Gasteiger partial charge < -0.3 is 13.6 Å². The molecule has 0 amide bonds. The minimum absolute atomic E-state index is 0.315. The lowest BCUT2D eigenvalue weighted by atomic mass is 10.2. The van der Waals surface area contributed by atoms with Gasteiger partial charge in [-0.25, -0.2) is 4.79 Å². The van der Waals surface area contributed by atoms with E-state index in [0.717, 1.165) is 36.9 Å². The number of esters is 1. The Morgan fingerprint density at radius 2 is 1.74 bits per heavy atom. The standard InChI is InChI=1S/C18H28O4Si/c1-4-5-15-23(20-2,21-3)16-9-14-22-18(19)13-12-17-10-7-6-8-11-17/h6-8,10-13H,4-5,9,14-16H2,1-3H3/b13-12+. The summed E-state index contributed by atoms with van der Waals surface area (Å²) >= 11 is 0. The molecular formula is C18H28O4Si. The second-order valence-electron chi connectivity index (χ2n) is 5.44. The molecule has 0 unspecified atom stereocenters. The molecule has 1 aromatic rings. The quantitative estimate of drug-likeness (QED) is 0.263. The van der Waals surface area contributed by atoms with E-state index in [-0.39, 0.29) is 5.97 Å². The van der Waals surface area contributed by atoms with E-state index in [1.54, 1.807) is 20.3 Å². The van der Waals surface area contributed by atoms with Gasteiger partial charge in [-0.2, -0.15) is 0 Å². The van der Waals surface area contributed by atoms with E-state index in [9.17, 15) is 4.79 Å². The van der Waals surface area contributed by atoms with Crippen LogP contribution < -0.4 is 0 Å². The molecule has 0 N–H and O–H groups in total. The maximum atomic E-state index is 11.7. The Bertz CT molecular complexity index is 469. The molecule has 0 saturated carbocycles. The molecule has 0 saturated heterocycles. The van der Waals surface area contributed by atoms with Gasteiger partial charge in [0, 0.05) is 20.3 Å². The molecule has 1 rings (SSSR count). The lowest BCUT2D eigenvalue weighted by Crippen LogP contribution is -2.40. The first kappa shape index (κ1) is 19.6. The summed E-state index contributed by atoms with van der Waals surface area (Å²) in [5, 5.41) is 0. The van der Waals surface area contributed by atoms with Crippen LogP contribution in [0.25, 0.3) is 6.08 Å². The van der Waals surface area contributed by atoms with E-state index in [2.05, 4.69) is 6.92 Å². The number of hydrogen-bond donors (Lipinski definition) is 0. The first-order valence-corrected chi connectivity index (χ1v) is 10.4. The number of benzene rings is 1. The van der Waals surface area contributed by atoms with Crippen molar-refractivity contribution >= 4 is 20.6 Å². The van der Waals surface area contributed by atoms with Crippen LogP contribution >= 0.6 is 0 Å². The molecule has 128 valence electrons. The topological polar surface area (TPSA) is 44.8 Å². The Balaban J connectivity index is 2.32. The average Bonchev–Trinajstić information content (AvgIpc) is 2.61. The van der Waals surface area contributed by atoms with Gasteiger partial charge in [0.25, 0.3) is 0 Å². The van der Waals surface area contributed by atoms with Crippen LogP contribution in [0.15, 0.2) is 36.4 Å². The fourth-order valence-electron chi connectivity index (χ4n) is 2.35.